The molecule has 0 radical (unpaired) electrons. The molecule has 2 aliphatic rings. The van der Waals surface area contributed by atoms with E-state index in [0.29, 0.717) is 19.1 Å². The Morgan fingerprint density at radius 3 is 2.29 bits per heavy atom. The van der Waals surface area contributed by atoms with Gasteiger partial charge in [-0.05, 0) is 25.5 Å². The summed E-state index contributed by atoms with van der Waals surface area (Å²) in [4.78, 5) is 17.6. The summed E-state index contributed by atoms with van der Waals surface area (Å²) in [6.45, 7) is 4.96. The van der Waals surface area contributed by atoms with E-state index in [4.69, 9.17) is 4.74 Å². The number of amides is 1. The lowest BCUT2D eigenvalue weighted by atomic mass is 9.73. The zero-order valence-corrected chi connectivity index (χ0v) is 12.8. The first-order valence-electron chi connectivity index (χ1n) is 7.83. The molecule has 4 nitrogen and oxygen atoms in total. The molecular weight excluding hydrogens is 264 g/mol. The Bertz CT molecular complexity index is 475. The highest BCUT2D eigenvalue weighted by atomic mass is 16.5. The third-order valence-electron chi connectivity index (χ3n) is 4.87. The van der Waals surface area contributed by atoms with E-state index in [1.54, 1.807) is 0 Å². The smallest absolute Gasteiger partial charge is 0.233 e. The molecule has 0 aliphatic carbocycles. The van der Waals surface area contributed by atoms with Crippen LogP contribution in [0.3, 0.4) is 0 Å². The lowest BCUT2D eigenvalue weighted by Gasteiger charge is -2.42. The Morgan fingerprint density at radius 1 is 1.05 bits per heavy atom. The number of benzene rings is 1. The number of carbonyl (C=O) groups excluding carboxylic acids is 1. The van der Waals surface area contributed by atoms with Crippen LogP contribution in [0.5, 0.6) is 0 Å². The molecular formula is C17H24N2O2. The summed E-state index contributed by atoms with van der Waals surface area (Å²) in [5.74, 6) is 0.296. The highest BCUT2D eigenvalue weighted by molar-refractivity contribution is 5.88. The zero-order chi connectivity index (χ0) is 14.7. The third kappa shape index (κ3) is 2.83. The molecule has 0 unspecified atom stereocenters. The molecule has 2 aliphatic heterocycles. The van der Waals surface area contributed by atoms with Gasteiger partial charge in [-0.3, -0.25) is 4.79 Å². The van der Waals surface area contributed by atoms with Crippen LogP contribution in [-0.2, 0) is 14.9 Å². The standard InChI is InChI=1S/C17H24N2O2/c1-18-9-11-19(12-10-18)16(20)17(7-13-21-14-8-17)15-5-3-2-4-6-15/h2-6H,7-14H2,1H3. The second-order valence-corrected chi connectivity index (χ2v) is 6.16. The van der Waals surface area contributed by atoms with Crippen molar-refractivity contribution in [2.24, 2.45) is 0 Å². The SMILES string of the molecule is CN1CCN(C(=O)C2(c3ccccc3)CCOCC2)CC1. The predicted molar refractivity (Wildman–Crippen MR) is 82.3 cm³/mol. The number of rotatable bonds is 2. The van der Waals surface area contributed by atoms with Gasteiger partial charge in [-0.2, -0.15) is 0 Å². The highest BCUT2D eigenvalue weighted by Crippen LogP contribution is 2.36. The van der Waals surface area contributed by atoms with Crippen molar-refractivity contribution in [3.8, 4) is 0 Å². The van der Waals surface area contributed by atoms with Crippen LogP contribution in [0.15, 0.2) is 30.3 Å². The molecule has 2 saturated heterocycles. The van der Waals surface area contributed by atoms with Crippen molar-refractivity contribution < 1.29 is 9.53 Å². The first-order chi connectivity index (χ1) is 10.2. The van der Waals surface area contributed by atoms with Gasteiger partial charge in [0.1, 0.15) is 0 Å². The Kier molecular flexibility index (Phi) is 4.27. The van der Waals surface area contributed by atoms with Gasteiger partial charge >= 0.3 is 0 Å². The maximum atomic E-state index is 13.2. The Balaban J connectivity index is 1.87. The quantitative estimate of drug-likeness (QED) is 0.827. The summed E-state index contributed by atoms with van der Waals surface area (Å²) in [5, 5.41) is 0. The third-order valence-corrected chi connectivity index (χ3v) is 4.87. The van der Waals surface area contributed by atoms with E-state index >= 15 is 0 Å². The number of nitrogens with zero attached hydrogens (tertiary/aromatic N) is 2. The van der Waals surface area contributed by atoms with Crippen molar-refractivity contribution in [1.82, 2.24) is 9.80 Å². The van der Waals surface area contributed by atoms with E-state index in [-0.39, 0.29) is 5.41 Å². The van der Waals surface area contributed by atoms with Gasteiger partial charge in [-0.25, -0.2) is 0 Å². The fourth-order valence-corrected chi connectivity index (χ4v) is 3.42. The number of ether oxygens (including phenoxy) is 1. The number of piperazine rings is 1. The number of likely N-dealkylation sites (N-methyl/N-ethyl adjacent to an activating group) is 1. The normalized spacial score (nSPS) is 23.0. The van der Waals surface area contributed by atoms with Crippen LogP contribution in [0.1, 0.15) is 18.4 Å². The number of carbonyl (C=O) groups is 1. The second kappa shape index (κ2) is 6.16. The second-order valence-electron chi connectivity index (χ2n) is 6.16. The summed E-state index contributed by atoms with van der Waals surface area (Å²) in [5.41, 5.74) is 0.771. The van der Waals surface area contributed by atoms with Gasteiger partial charge in [-0.1, -0.05) is 30.3 Å². The minimum Gasteiger partial charge on any atom is -0.381 e. The van der Waals surface area contributed by atoms with Crippen LogP contribution in [0.4, 0.5) is 0 Å². The summed E-state index contributed by atoms with van der Waals surface area (Å²) < 4.78 is 5.52. The first kappa shape index (κ1) is 14.5. The maximum Gasteiger partial charge on any atom is 0.233 e. The number of hydrogen-bond donors (Lipinski definition) is 0. The molecule has 0 N–H and O–H groups in total. The van der Waals surface area contributed by atoms with Crippen molar-refractivity contribution >= 4 is 5.91 Å². The van der Waals surface area contributed by atoms with E-state index in [1.807, 2.05) is 18.2 Å². The molecule has 0 spiro atoms. The van der Waals surface area contributed by atoms with Crippen molar-refractivity contribution in [2.45, 2.75) is 18.3 Å². The van der Waals surface area contributed by atoms with E-state index in [9.17, 15) is 4.79 Å². The average Bonchev–Trinajstić information content (AvgIpc) is 2.56. The molecule has 0 atom stereocenters. The lowest BCUT2D eigenvalue weighted by molar-refractivity contribution is -0.143. The Morgan fingerprint density at radius 2 is 1.67 bits per heavy atom. The topological polar surface area (TPSA) is 32.8 Å². The van der Waals surface area contributed by atoms with Gasteiger partial charge in [0.05, 0.1) is 5.41 Å². The van der Waals surface area contributed by atoms with Gasteiger partial charge < -0.3 is 14.5 Å². The van der Waals surface area contributed by atoms with Gasteiger partial charge in [0.15, 0.2) is 0 Å². The zero-order valence-electron chi connectivity index (χ0n) is 12.8. The summed E-state index contributed by atoms with van der Waals surface area (Å²) in [6.07, 6.45) is 1.59. The highest BCUT2D eigenvalue weighted by Gasteiger charge is 2.44. The summed E-state index contributed by atoms with van der Waals surface area (Å²) in [6, 6.07) is 10.3. The van der Waals surface area contributed by atoms with E-state index < -0.39 is 0 Å². The van der Waals surface area contributed by atoms with Crippen molar-refractivity contribution in [2.75, 3.05) is 46.4 Å². The summed E-state index contributed by atoms with van der Waals surface area (Å²) >= 11 is 0. The van der Waals surface area contributed by atoms with Gasteiger partial charge in [0, 0.05) is 39.4 Å². The molecule has 0 aromatic heterocycles. The lowest BCUT2D eigenvalue weighted by Crippen LogP contribution is -2.55. The molecule has 2 fully saturated rings. The van der Waals surface area contributed by atoms with E-state index in [0.717, 1.165) is 44.6 Å². The van der Waals surface area contributed by atoms with Crippen LogP contribution in [-0.4, -0.2) is 62.1 Å². The van der Waals surface area contributed by atoms with Crippen LogP contribution in [0.2, 0.25) is 0 Å². The van der Waals surface area contributed by atoms with E-state index in [1.165, 1.54) is 0 Å². The van der Waals surface area contributed by atoms with Crippen LogP contribution < -0.4 is 0 Å². The maximum absolute atomic E-state index is 13.2. The van der Waals surface area contributed by atoms with Crippen molar-refractivity contribution in [1.29, 1.82) is 0 Å². The molecule has 4 heteroatoms. The van der Waals surface area contributed by atoms with Gasteiger partial charge in [0.2, 0.25) is 5.91 Å². The molecule has 0 bridgehead atoms. The fourth-order valence-electron chi connectivity index (χ4n) is 3.42. The number of hydrogen-bond acceptors (Lipinski definition) is 3. The monoisotopic (exact) mass is 288 g/mol. The molecule has 114 valence electrons. The molecule has 21 heavy (non-hydrogen) atoms. The molecule has 1 amide bonds. The first-order valence-corrected chi connectivity index (χ1v) is 7.83. The fraction of sp³-hybridized carbons (Fsp3) is 0.588. The van der Waals surface area contributed by atoms with Crippen molar-refractivity contribution in [3.63, 3.8) is 0 Å². The largest absolute Gasteiger partial charge is 0.381 e. The molecule has 0 saturated carbocycles. The van der Waals surface area contributed by atoms with Gasteiger partial charge in [0.25, 0.3) is 0 Å². The Labute approximate surface area is 126 Å². The molecule has 1 aromatic carbocycles. The van der Waals surface area contributed by atoms with Gasteiger partial charge in [-0.15, -0.1) is 0 Å². The summed E-state index contributed by atoms with van der Waals surface area (Å²) in [7, 11) is 2.11. The predicted octanol–water partition coefficient (Wildman–Crippen LogP) is 1.51. The average molecular weight is 288 g/mol. The van der Waals surface area contributed by atoms with Crippen molar-refractivity contribution in [3.05, 3.63) is 35.9 Å². The van der Waals surface area contributed by atoms with E-state index in [2.05, 4.69) is 29.0 Å². The molecule has 3 rings (SSSR count). The van der Waals surface area contributed by atoms with Crippen LogP contribution >= 0.6 is 0 Å². The van der Waals surface area contributed by atoms with Crippen LogP contribution in [0, 0.1) is 0 Å². The minimum absolute atomic E-state index is 0.296. The Hall–Kier alpha value is -1.39. The molecule has 1 aromatic rings. The van der Waals surface area contributed by atoms with Crippen LogP contribution in [0.25, 0.3) is 0 Å². The minimum atomic E-state index is -0.380. The molecule has 2 heterocycles.